The van der Waals surface area contributed by atoms with Crippen molar-refractivity contribution in [2.24, 2.45) is 28.1 Å². The van der Waals surface area contributed by atoms with Gasteiger partial charge in [-0.15, -0.1) is 12.8 Å². The Labute approximate surface area is 299 Å². The Bertz CT molecular complexity index is 1750. The Hall–Kier alpha value is -4.29. The molecular weight excluding hydrogens is 624 g/mol. The second kappa shape index (κ2) is 14.5. The van der Waals surface area contributed by atoms with Crippen molar-refractivity contribution in [1.29, 1.82) is 0 Å². The third kappa shape index (κ3) is 6.75. The summed E-state index contributed by atoms with van der Waals surface area (Å²) in [7, 11) is 0. The molecule has 4 atom stereocenters. The normalized spacial score (nSPS) is 25.9. The molecule has 2 aliphatic carbocycles. The quantitative estimate of drug-likeness (QED) is 0.0721. The molecule has 0 amide bonds. The van der Waals surface area contributed by atoms with E-state index in [1.807, 2.05) is 47.6 Å². The number of hydrogen-bond donors (Lipinski definition) is 0. The molecule has 1 saturated heterocycles. The molecule has 1 aromatic rings. The van der Waals surface area contributed by atoms with E-state index in [4.69, 9.17) is 27.1 Å². The van der Waals surface area contributed by atoms with Crippen molar-refractivity contribution in [2.75, 3.05) is 13.2 Å². The highest BCUT2D eigenvalue weighted by molar-refractivity contribution is 6.35. The standard InChI is InChI=1S/C44H54O6/c1-13-23-48-34-20-17-31(25-35(34)49-24-14-2)37(45)36-38(46)44(22-21-30(7)8)40(47)43(26-32(41(44,9)10)18-15-28(3)4)27-33(19-16-29(5)6)42(11,12)50-39(36)43/h1-2,15-17,20-21,25,32-33H,18-19,22-24,26-27H2,3-12H3/t32-,33+,43+,44+/m1/s1. The van der Waals surface area contributed by atoms with E-state index in [2.05, 4.69) is 51.7 Å². The molecule has 3 aliphatic rings. The minimum absolute atomic E-state index is 0.00909. The summed E-state index contributed by atoms with van der Waals surface area (Å²) >= 11 is 0. The number of allylic oxidation sites excluding steroid dienone is 8. The fourth-order valence-electron chi connectivity index (χ4n) is 8.17. The van der Waals surface area contributed by atoms with E-state index >= 15 is 9.59 Å². The molecule has 2 fully saturated rings. The van der Waals surface area contributed by atoms with E-state index in [1.54, 1.807) is 12.1 Å². The number of benzene rings is 1. The van der Waals surface area contributed by atoms with Crippen LogP contribution in [0.15, 0.2) is 64.5 Å². The van der Waals surface area contributed by atoms with Gasteiger partial charge < -0.3 is 14.2 Å². The van der Waals surface area contributed by atoms with Gasteiger partial charge in [-0.2, -0.15) is 0 Å². The third-order valence-electron chi connectivity index (χ3n) is 11.2. The largest absolute Gasteiger partial charge is 0.490 e. The molecule has 1 saturated carbocycles. The van der Waals surface area contributed by atoms with Crippen LogP contribution in [0.4, 0.5) is 0 Å². The van der Waals surface area contributed by atoms with E-state index in [1.165, 1.54) is 17.2 Å². The first-order valence-corrected chi connectivity index (χ1v) is 17.6. The maximum Gasteiger partial charge on any atom is 0.200 e. The van der Waals surface area contributed by atoms with Crippen LogP contribution in [0.2, 0.25) is 0 Å². The van der Waals surface area contributed by atoms with Crippen molar-refractivity contribution in [3.05, 3.63) is 70.0 Å². The van der Waals surface area contributed by atoms with E-state index < -0.39 is 33.4 Å². The highest BCUT2D eigenvalue weighted by atomic mass is 16.5. The van der Waals surface area contributed by atoms with Crippen LogP contribution < -0.4 is 9.47 Å². The van der Waals surface area contributed by atoms with Gasteiger partial charge in [-0.05, 0) is 117 Å². The zero-order valence-electron chi connectivity index (χ0n) is 31.7. The average molecular weight is 679 g/mol. The van der Waals surface area contributed by atoms with Gasteiger partial charge in [0.05, 0.1) is 5.41 Å². The summed E-state index contributed by atoms with van der Waals surface area (Å²) in [6, 6.07) is 4.71. The molecule has 50 heavy (non-hydrogen) atoms. The van der Waals surface area contributed by atoms with Crippen LogP contribution in [0.25, 0.3) is 0 Å². The summed E-state index contributed by atoms with van der Waals surface area (Å²) < 4.78 is 18.4. The number of hydrogen-bond acceptors (Lipinski definition) is 6. The lowest BCUT2D eigenvalue weighted by molar-refractivity contribution is -0.188. The number of terminal acetylenes is 2. The summed E-state index contributed by atoms with van der Waals surface area (Å²) in [6.45, 7) is 20.2. The number of rotatable bonds is 12. The molecular formula is C44H54O6. The van der Waals surface area contributed by atoms with Crippen LogP contribution in [0, 0.1) is 52.8 Å². The van der Waals surface area contributed by atoms with Gasteiger partial charge in [-0.1, -0.05) is 60.6 Å². The molecule has 1 aliphatic heterocycles. The lowest BCUT2D eigenvalue weighted by atomic mass is 9.39. The van der Waals surface area contributed by atoms with Crippen LogP contribution in [-0.4, -0.2) is 36.2 Å². The first kappa shape index (κ1) is 38.5. The second-order valence-corrected chi connectivity index (χ2v) is 16.1. The number of ketones is 3. The van der Waals surface area contributed by atoms with E-state index in [9.17, 15) is 4.79 Å². The monoisotopic (exact) mass is 678 g/mol. The van der Waals surface area contributed by atoms with Crippen LogP contribution in [0.5, 0.6) is 11.5 Å². The second-order valence-electron chi connectivity index (χ2n) is 16.1. The molecule has 6 heteroatoms. The predicted octanol–water partition coefficient (Wildman–Crippen LogP) is 9.20. The zero-order valence-corrected chi connectivity index (χ0v) is 31.7. The topological polar surface area (TPSA) is 78.9 Å². The summed E-state index contributed by atoms with van der Waals surface area (Å²) in [4.78, 5) is 46.0. The average Bonchev–Trinajstić information content (AvgIpc) is 3.03. The molecule has 1 heterocycles. The number of carbonyl (C=O) groups is 3. The summed E-state index contributed by atoms with van der Waals surface area (Å²) in [5.74, 6) is 4.48. The van der Waals surface area contributed by atoms with Gasteiger partial charge in [-0.25, -0.2) is 0 Å². The number of carbonyl (C=O) groups excluding carboxylic acids is 3. The van der Waals surface area contributed by atoms with Gasteiger partial charge in [0.1, 0.15) is 35.6 Å². The van der Waals surface area contributed by atoms with Gasteiger partial charge in [0.25, 0.3) is 0 Å². The van der Waals surface area contributed by atoms with Crippen molar-refractivity contribution >= 4 is 17.3 Å². The number of fused-ring (bicyclic) bond motifs is 1. The van der Waals surface area contributed by atoms with Crippen molar-refractivity contribution < 1.29 is 28.6 Å². The number of Topliss-reactive ketones (excluding diaryl/α,β-unsaturated/α-hetero) is 3. The van der Waals surface area contributed by atoms with Gasteiger partial charge >= 0.3 is 0 Å². The molecule has 6 nitrogen and oxygen atoms in total. The first-order valence-electron chi connectivity index (χ1n) is 17.6. The summed E-state index contributed by atoms with van der Waals surface area (Å²) in [6.07, 6.45) is 19.9. The zero-order chi connectivity index (χ0) is 37.2. The molecule has 2 bridgehead atoms. The van der Waals surface area contributed by atoms with Crippen LogP contribution >= 0.6 is 0 Å². The molecule has 1 aromatic carbocycles. The molecule has 0 N–H and O–H groups in total. The first-order chi connectivity index (χ1) is 23.4. The fraction of sp³-hybridized carbons (Fsp3) is 0.523. The highest BCUT2D eigenvalue weighted by Gasteiger charge is 2.74. The van der Waals surface area contributed by atoms with Crippen molar-refractivity contribution in [3.63, 3.8) is 0 Å². The van der Waals surface area contributed by atoms with E-state index in [0.717, 1.165) is 5.57 Å². The maximum atomic E-state index is 15.5. The highest BCUT2D eigenvalue weighted by Crippen LogP contribution is 2.69. The van der Waals surface area contributed by atoms with Gasteiger partial charge in [-0.3, -0.25) is 14.4 Å². The fourth-order valence-corrected chi connectivity index (χ4v) is 8.17. The van der Waals surface area contributed by atoms with Crippen LogP contribution in [0.3, 0.4) is 0 Å². The van der Waals surface area contributed by atoms with Crippen molar-refractivity contribution in [1.82, 2.24) is 0 Å². The van der Waals surface area contributed by atoms with Gasteiger partial charge in [0, 0.05) is 11.5 Å². The van der Waals surface area contributed by atoms with Gasteiger partial charge in [0.15, 0.2) is 28.8 Å². The molecule has 1 spiro atoms. The Kier molecular flexibility index (Phi) is 11.2. The third-order valence-corrected chi connectivity index (χ3v) is 11.2. The molecule has 0 aromatic heterocycles. The smallest absolute Gasteiger partial charge is 0.200 e. The number of ether oxygens (including phenoxy) is 3. The Morgan fingerprint density at radius 2 is 1.38 bits per heavy atom. The molecule has 0 radical (unpaired) electrons. The predicted molar refractivity (Wildman–Crippen MR) is 199 cm³/mol. The lowest BCUT2D eigenvalue weighted by Crippen LogP contribution is -2.69. The van der Waals surface area contributed by atoms with E-state index in [0.29, 0.717) is 31.4 Å². The summed E-state index contributed by atoms with van der Waals surface area (Å²) in [5, 5.41) is 0. The Morgan fingerprint density at radius 1 is 0.840 bits per heavy atom. The molecule has 266 valence electrons. The minimum Gasteiger partial charge on any atom is -0.490 e. The summed E-state index contributed by atoms with van der Waals surface area (Å²) in [5.41, 5.74) is -0.660. The Morgan fingerprint density at radius 3 is 1.94 bits per heavy atom. The van der Waals surface area contributed by atoms with E-state index in [-0.39, 0.29) is 59.9 Å². The van der Waals surface area contributed by atoms with Crippen LogP contribution in [-0.2, 0) is 14.3 Å². The van der Waals surface area contributed by atoms with Crippen molar-refractivity contribution in [3.8, 4) is 36.2 Å². The maximum absolute atomic E-state index is 15.5. The van der Waals surface area contributed by atoms with Crippen LogP contribution in [0.1, 0.15) is 112 Å². The molecule has 0 unspecified atom stereocenters. The minimum atomic E-state index is -1.48. The SMILES string of the molecule is C#CCOc1ccc(C(=O)C2=C3OC(C)(C)[C@@H](CC=C(C)C)C[C@@]34C[C@@H](CC=C(C)C)C(C)(C)[C@@](CC=C(C)C)(C2=O)C4=O)cc1OCC#C. The Balaban J connectivity index is 2.07. The van der Waals surface area contributed by atoms with Gasteiger partial charge in [0.2, 0.25) is 0 Å². The molecule has 4 rings (SSSR count). The lowest BCUT2D eigenvalue weighted by Gasteiger charge is -2.64. The van der Waals surface area contributed by atoms with Crippen molar-refractivity contribution in [2.45, 2.75) is 107 Å².